The number of esters is 2. The van der Waals surface area contributed by atoms with E-state index < -0.39 is 26.6 Å². The average molecular weight is 581 g/mol. The first-order chi connectivity index (χ1) is 14.6. The molecule has 4 nitrogen and oxygen atoms in total. The zero-order chi connectivity index (χ0) is 23.9. The molecule has 7 heteroatoms. The van der Waals surface area contributed by atoms with Gasteiger partial charge >= 0.3 is 214 Å². The molecule has 0 heterocycles. The molecule has 0 amide bonds. The summed E-state index contributed by atoms with van der Waals surface area (Å²) in [4.78, 5) is 25.0. The van der Waals surface area contributed by atoms with E-state index in [1.54, 1.807) is 0 Å². The molecule has 0 N–H and O–H groups in total. The van der Waals surface area contributed by atoms with E-state index in [0.29, 0.717) is 31.5 Å². The first kappa shape index (κ1) is 31.4. The first-order valence-electron chi connectivity index (χ1n) is 12.1. The third kappa shape index (κ3) is 13.7. The molecule has 0 bridgehead atoms. The zero-order valence-corrected chi connectivity index (χ0v) is 25.3. The summed E-state index contributed by atoms with van der Waals surface area (Å²) in [6.45, 7) is 13.4. The molecule has 182 valence electrons. The minimum absolute atomic E-state index is 0.0330. The van der Waals surface area contributed by atoms with E-state index in [0.717, 1.165) is 44.9 Å². The van der Waals surface area contributed by atoms with Gasteiger partial charge in [0.1, 0.15) is 0 Å². The second kappa shape index (κ2) is 17.9. The van der Waals surface area contributed by atoms with Crippen LogP contribution in [0.1, 0.15) is 99.3 Å². The van der Waals surface area contributed by atoms with E-state index >= 15 is 0 Å². The molecule has 2 radical (unpaired) electrons. The van der Waals surface area contributed by atoms with Gasteiger partial charge in [-0.05, 0) is 0 Å². The van der Waals surface area contributed by atoms with Crippen LogP contribution in [0.15, 0.2) is 0 Å². The van der Waals surface area contributed by atoms with Crippen molar-refractivity contribution in [3.63, 3.8) is 0 Å². The Morgan fingerprint density at radius 1 is 0.871 bits per heavy atom. The van der Waals surface area contributed by atoms with Crippen molar-refractivity contribution in [2.75, 3.05) is 13.2 Å². The van der Waals surface area contributed by atoms with E-state index in [1.165, 1.54) is 6.42 Å². The van der Waals surface area contributed by atoms with E-state index in [1.807, 2.05) is 13.8 Å². The van der Waals surface area contributed by atoms with Crippen LogP contribution < -0.4 is 0 Å². The van der Waals surface area contributed by atoms with Crippen molar-refractivity contribution in [3.05, 3.63) is 0 Å². The van der Waals surface area contributed by atoms with Crippen LogP contribution in [0.3, 0.4) is 0 Å². The Hall–Kier alpha value is 0.439. The molecule has 0 saturated heterocycles. The SMILES string of the molecule is CCCCC(CC)COC(=O)C[CH](S)[Sn][CH](S)C(C)(C)C(=O)OCC(CC)CCCC. The Morgan fingerprint density at radius 3 is 1.81 bits per heavy atom. The van der Waals surface area contributed by atoms with Gasteiger partial charge in [0.2, 0.25) is 0 Å². The summed E-state index contributed by atoms with van der Waals surface area (Å²) in [5.41, 5.74) is -0.670. The second-order valence-electron chi connectivity index (χ2n) is 9.13. The Balaban J connectivity index is 4.49. The summed E-state index contributed by atoms with van der Waals surface area (Å²) in [6, 6.07) is 0. The maximum atomic E-state index is 12.7. The Kier molecular flexibility index (Phi) is 18.1. The molecular formula is C24H46O4S2Sn. The third-order valence-electron chi connectivity index (χ3n) is 5.94. The van der Waals surface area contributed by atoms with Gasteiger partial charge in [-0.2, -0.15) is 0 Å². The summed E-state index contributed by atoms with van der Waals surface area (Å²) in [6.07, 6.45) is 9.21. The predicted molar refractivity (Wildman–Crippen MR) is 138 cm³/mol. The molecule has 0 aliphatic heterocycles. The summed E-state index contributed by atoms with van der Waals surface area (Å²) in [5, 5.41) is 0. The van der Waals surface area contributed by atoms with Gasteiger partial charge in [0.15, 0.2) is 0 Å². The monoisotopic (exact) mass is 582 g/mol. The summed E-state index contributed by atoms with van der Waals surface area (Å²) < 4.78 is 11.1. The fraction of sp³-hybridized carbons (Fsp3) is 0.917. The van der Waals surface area contributed by atoms with E-state index in [-0.39, 0.29) is 18.5 Å². The maximum absolute atomic E-state index is 12.7. The van der Waals surface area contributed by atoms with Gasteiger partial charge in [0, 0.05) is 0 Å². The topological polar surface area (TPSA) is 52.6 Å². The quantitative estimate of drug-likeness (QED) is 0.116. The van der Waals surface area contributed by atoms with Crippen molar-refractivity contribution in [2.45, 2.75) is 106 Å². The van der Waals surface area contributed by atoms with Gasteiger partial charge < -0.3 is 0 Å². The fourth-order valence-electron chi connectivity index (χ4n) is 3.16. The zero-order valence-electron chi connectivity index (χ0n) is 20.6. The summed E-state index contributed by atoms with van der Waals surface area (Å²) in [5.74, 6) is 0.499. The van der Waals surface area contributed by atoms with Crippen LogP contribution in [-0.2, 0) is 19.1 Å². The normalized spacial score (nSPS) is 15.7. The van der Waals surface area contributed by atoms with E-state index in [2.05, 4.69) is 40.3 Å². The Bertz CT molecular complexity index is 502. The van der Waals surface area contributed by atoms with Crippen molar-refractivity contribution >= 4 is 58.3 Å². The number of carbonyl (C=O) groups excluding carboxylic acids is 2. The Morgan fingerprint density at radius 2 is 1.35 bits per heavy atom. The summed E-state index contributed by atoms with van der Waals surface area (Å²) in [7, 11) is 0. The van der Waals surface area contributed by atoms with E-state index in [4.69, 9.17) is 22.1 Å². The van der Waals surface area contributed by atoms with Crippen molar-refractivity contribution in [1.29, 1.82) is 0 Å². The average Bonchev–Trinajstić information content (AvgIpc) is 2.73. The number of hydrogen-bond acceptors (Lipinski definition) is 6. The predicted octanol–water partition coefficient (Wildman–Crippen LogP) is 6.14. The molecule has 0 aromatic heterocycles. The fourth-order valence-corrected chi connectivity index (χ4v) is 9.79. The van der Waals surface area contributed by atoms with Crippen LogP contribution in [0.25, 0.3) is 0 Å². The van der Waals surface area contributed by atoms with Crippen LogP contribution in [0.4, 0.5) is 0 Å². The molecular weight excluding hydrogens is 535 g/mol. The molecule has 0 saturated carbocycles. The van der Waals surface area contributed by atoms with Crippen LogP contribution in [0, 0.1) is 17.3 Å². The molecule has 0 aliphatic rings. The molecule has 0 aromatic carbocycles. The van der Waals surface area contributed by atoms with Gasteiger partial charge in [0.25, 0.3) is 0 Å². The van der Waals surface area contributed by atoms with Gasteiger partial charge in [-0.25, -0.2) is 0 Å². The number of ether oxygens (including phenoxy) is 2. The summed E-state index contributed by atoms with van der Waals surface area (Å²) >= 11 is 8.16. The second-order valence-corrected chi connectivity index (χ2v) is 17.6. The van der Waals surface area contributed by atoms with Crippen LogP contribution >= 0.6 is 25.3 Å². The van der Waals surface area contributed by atoms with Crippen LogP contribution in [-0.4, -0.2) is 52.8 Å². The van der Waals surface area contributed by atoms with Crippen LogP contribution in [0.5, 0.6) is 0 Å². The van der Waals surface area contributed by atoms with Crippen LogP contribution in [0.2, 0.25) is 0 Å². The number of hydrogen-bond donors (Lipinski definition) is 2. The number of unbranched alkanes of at least 4 members (excludes halogenated alkanes) is 2. The first-order valence-corrected chi connectivity index (χ1v) is 16.4. The van der Waals surface area contributed by atoms with Crippen molar-refractivity contribution in [2.24, 2.45) is 17.3 Å². The standard InChI is InChI=1S/C13H25O2S.C11H21O2S.Sn/c1-5-7-8-11(6-2)9-15-12(14)13(3,4)10-16;1-3-5-6-10(4-2)9-13-11(12)7-8-14;/h10-11,16H,5-9H2,1-4H3;8,10,14H,3-7,9H2,1-2H3;. The molecule has 0 spiro atoms. The third-order valence-corrected chi connectivity index (χ3v) is 13.4. The molecule has 31 heavy (non-hydrogen) atoms. The van der Waals surface area contributed by atoms with Crippen molar-refractivity contribution < 1.29 is 19.1 Å². The van der Waals surface area contributed by atoms with Gasteiger partial charge in [-0.3, -0.25) is 0 Å². The van der Waals surface area contributed by atoms with Gasteiger partial charge in [-0.15, -0.1) is 0 Å². The molecule has 0 rings (SSSR count). The van der Waals surface area contributed by atoms with Crippen molar-refractivity contribution in [1.82, 2.24) is 0 Å². The number of rotatable bonds is 18. The molecule has 0 fully saturated rings. The molecule has 4 unspecified atom stereocenters. The Labute approximate surface area is 212 Å². The van der Waals surface area contributed by atoms with Crippen molar-refractivity contribution in [3.8, 4) is 0 Å². The van der Waals surface area contributed by atoms with Gasteiger partial charge in [-0.1, -0.05) is 0 Å². The number of thiol groups is 2. The molecule has 4 atom stereocenters. The minimum atomic E-state index is -1.24. The molecule has 0 aliphatic carbocycles. The van der Waals surface area contributed by atoms with Gasteiger partial charge in [0.05, 0.1) is 0 Å². The number of carbonyl (C=O) groups is 2. The molecule has 0 aromatic rings. The van der Waals surface area contributed by atoms with E-state index in [9.17, 15) is 9.59 Å².